The van der Waals surface area contributed by atoms with E-state index in [9.17, 15) is 4.79 Å². The van der Waals surface area contributed by atoms with Gasteiger partial charge >= 0.3 is 5.97 Å². The van der Waals surface area contributed by atoms with Gasteiger partial charge in [0.05, 0.1) is 13.0 Å². The Kier molecular flexibility index (Phi) is 6.94. The fourth-order valence-corrected chi connectivity index (χ4v) is 2.43. The monoisotopic (exact) mass is 298 g/mol. The zero-order chi connectivity index (χ0) is 15.0. The molecular formula is C14H26N2O3Si. The van der Waals surface area contributed by atoms with Gasteiger partial charge in [0.25, 0.3) is 0 Å². The van der Waals surface area contributed by atoms with Crippen LogP contribution in [0.1, 0.15) is 19.2 Å². The van der Waals surface area contributed by atoms with Crippen molar-refractivity contribution in [2.75, 3.05) is 13.2 Å². The smallest absolute Gasteiger partial charge is 0.306 e. The zero-order valence-corrected chi connectivity index (χ0v) is 14.0. The second-order valence-corrected chi connectivity index (χ2v) is 11.6. The number of esters is 1. The molecule has 5 nitrogen and oxygen atoms in total. The summed E-state index contributed by atoms with van der Waals surface area (Å²) in [6.45, 7) is 10.5. The van der Waals surface area contributed by atoms with Crippen LogP contribution in [0.4, 0.5) is 0 Å². The average Bonchev–Trinajstić information content (AvgIpc) is 2.79. The van der Waals surface area contributed by atoms with E-state index in [2.05, 4.69) is 24.6 Å². The molecule has 1 heterocycles. The SMILES string of the molecule is CCOC(=O)CCc1nccn1COCC[Si](C)(C)C. The van der Waals surface area contributed by atoms with Gasteiger partial charge in [0.1, 0.15) is 12.6 Å². The van der Waals surface area contributed by atoms with Crippen LogP contribution < -0.4 is 0 Å². The van der Waals surface area contributed by atoms with E-state index in [4.69, 9.17) is 9.47 Å². The average molecular weight is 298 g/mol. The number of carbonyl (C=O) groups excluding carboxylic acids is 1. The highest BCUT2D eigenvalue weighted by Gasteiger charge is 2.12. The molecule has 0 radical (unpaired) electrons. The van der Waals surface area contributed by atoms with Gasteiger partial charge in [-0.25, -0.2) is 4.98 Å². The topological polar surface area (TPSA) is 53.3 Å². The van der Waals surface area contributed by atoms with E-state index in [1.165, 1.54) is 0 Å². The van der Waals surface area contributed by atoms with Gasteiger partial charge in [-0.05, 0) is 13.0 Å². The van der Waals surface area contributed by atoms with E-state index in [1.54, 1.807) is 6.20 Å². The summed E-state index contributed by atoms with van der Waals surface area (Å²) in [5, 5.41) is 0. The van der Waals surface area contributed by atoms with E-state index >= 15 is 0 Å². The number of rotatable bonds is 9. The maximum absolute atomic E-state index is 11.3. The molecule has 0 aliphatic rings. The first kappa shape index (κ1) is 16.9. The molecule has 0 aliphatic carbocycles. The van der Waals surface area contributed by atoms with Crippen molar-refractivity contribution in [3.63, 3.8) is 0 Å². The highest BCUT2D eigenvalue weighted by molar-refractivity contribution is 6.76. The molecule has 0 N–H and O–H groups in total. The van der Waals surface area contributed by atoms with Gasteiger partial charge in [0.2, 0.25) is 0 Å². The van der Waals surface area contributed by atoms with Crippen LogP contribution in [-0.4, -0.2) is 36.8 Å². The number of ether oxygens (including phenoxy) is 2. The molecule has 0 saturated heterocycles. The van der Waals surface area contributed by atoms with Crippen LogP contribution in [0.3, 0.4) is 0 Å². The minimum Gasteiger partial charge on any atom is -0.466 e. The van der Waals surface area contributed by atoms with Gasteiger partial charge in [-0.1, -0.05) is 19.6 Å². The van der Waals surface area contributed by atoms with Gasteiger partial charge in [-0.15, -0.1) is 0 Å². The second-order valence-electron chi connectivity index (χ2n) is 5.97. The first-order valence-electron chi connectivity index (χ1n) is 7.16. The third-order valence-electron chi connectivity index (χ3n) is 2.89. The first-order valence-corrected chi connectivity index (χ1v) is 10.9. The van der Waals surface area contributed by atoms with Crippen molar-refractivity contribution in [3.8, 4) is 0 Å². The Morgan fingerprint density at radius 2 is 2.15 bits per heavy atom. The van der Waals surface area contributed by atoms with Gasteiger partial charge in [-0.2, -0.15) is 0 Å². The minimum atomic E-state index is -1.04. The molecule has 0 spiro atoms. The number of hydrogen-bond acceptors (Lipinski definition) is 4. The summed E-state index contributed by atoms with van der Waals surface area (Å²) in [5.41, 5.74) is 0. The maximum Gasteiger partial charge on any atom is 0.306 e. The van der Waals surface area contributed by atoms with Crippen molar-refractivity contribution in [1.29, 1.82) is 0 Å². The molecule has 6 heteroatoms. The molecule has 1 rings (SSSR count). The standard InChI is InChI=1S/C14H26N2O3Si/c1-5-19-14(17)7-6-13-15-8-9-16(13)12-18-10-11-20(2,3)4/h8-9H,5-7,10-12H2,1-4H3. The molecule has 0 bridgehead atoms. The summed E-state index contributed by atoms with van der Waals surface area (Å²) < 4.78 is 12.6. The molecular weight excluding hydrogens is 272 g/mol. The van der Waals surface area contributed by atoms with E-state index in [0.717, 1.165) is 18.5 Å². The molecule has 20 heavy (non-hydrogen) atoms. The predicted octanol–water partition coefficient (Wildman–Crippen LogP) is 2.69. The Bertz CT molecular complexity index is 413. The summed E-state index contributed by atoms with van der Waals surface area (Å²) in [6.07, 6.45) is 4.57. The number of imidazole rings is 1. The molecule has 114 valence electrons. The number of carbonyl (C=O) groups is 1. The van der Waals surface area contributed by atoms with Gasteiger partial charge in [-0.3, -0.25) is 4.79 Å². The normalized spacial score (nSPS) is 11.6. The molecule has 0 amide bonds. The molecule has 0 saturated carbocycles. The Labute approximate surface area is 122 Å². The molecule has 1 aromatic rings. The van der Waals surface area contributed by atoms with Crippen molar-refractivity contribution >= 4 is 14.0 Å². The first-order chi connectivity index (χ1) is 9.42. The third kappa shape index (κ3) is 6.86. The molecule has 1 aromatic heterocycles. The predicted molar refractivity (Wildman–Crippen MR) is 81.3 cm³/mol. The lowest BCUT2D eigenvalue weighted by atomic mass is 10.3. The Hall–Kier alpha value is -1.14. The largest absolute Gasteiger partial charge is 0.466 e. The van der Waals surface area contributed by atoms with Gasteiger partial charge < -0.3 is 14.0 Å². The van der Waals surface area contributed by atoms with Gasteiger partial charge in [0.15, 0.2) is 0 Å². The fourth-order valence-electron chi connectivity index (χ4n) is 1.67. The fraction of sp³-hybridized carbons (Fsp3) is 0.714. The lowest BCUT2D eigenvalue weighted by Gasteiger charge is -2.16. The van der Waals surface area contributed by atoms with Crippen LogP contribution >= 0.6 is 0 Å². The summed E-state index contributed by atoms with van der Waals surface area (Å²) in [7, 11) is -1.04. The Morgan fingerprint density at radius 3 is 2.80 bits per heavy atom. The zero-order valence-electron chi connectivity index (χ0n) is 13.0. The van der Waals surface area contributed by atoms with E-state index in [1.807, 2.05) is 17.7 Å². The number of aryl methyl sites for hydroxylation is 1. The summed E-state index contributed by atoms with van der Waals surface area (Å²) in [5.74, 6) is 0.688. The van der Waals surface area contributed by atoms with Crippen LogP contribution in [0.2, 0.25) is 25.7 Å². The van der Waals surface area contributed by atoms with Gasteiger partial charge in [0, 0.05) is 33.5 Å². The number of aromatic nitrogens is 2. The van der Waals surface area contributed by atoms with E-state index in [-0.39, 0.29) is 5.97 Å². The molecule has 0 unspecified atom stereocenters. The molecule has 0 fully saturated rings. The molecule has 0 atom stereocenters. The van der Waals surface area contributed by atoms with Crippen molar-refractivity contribution < 1.29 is 14.3 Å². The number of nitrogens with zero attached hydrogens (tertiary/aromatic N) is 2. The Morgan fingerprint density at radius 1 is 1.40 bits per heavy atom. The molecule has 0 aromatic carbocycles. The minimum absolute atomic E-state index is 0.179. The van der Waals surface area contributed by atoms with E-state index in [0.29, 0.717) is 26.2 Å². The van der Waals surface area contributed by atoms with Crippen LogP contribution in [0, 0.1) is 0 Å². The van der Waals surface area contributed by atoms with Crippen molar-refractivity contribution in [1.82, 2.24) is 9.55 Å². The van der Waals surface area contributed by atoms with Crippen molar-refractivity contribution in [2.45, 2.75) is 52.2 Å². The van der Waals surface area contributed by atoms with Crippen LogP contribution in [0.15, 0.2) is 12.4 Å². The molecule has 0 aliphatic heterocycles. The Balaban J connectivity index is 2.33. The summed E-state index contributed by atoms with van der Waals surface area (Å²) in [6, 6.07) is 1.15. The number of hydrogen-bond donors (Lipinski definition) is 0. The van der Waals surface area contributed by atoms with Crippen LogP contribution in [0.5, 0.6) is 0 Å². The second kappa shape index (κ2) is 8.21. The maximum atomic E-state index is 11.3. The van der Waals surface area contributed by atoms with Crippen molar-refractivity contribution in [3.05, 3.63) is 18.2 Å². The summed E-state index contributed by atoms with van der Waals surface area (Å²) >= 11 is 0. The van der Waals surface area contributed by atoms with E-state index < -0.39 is 8.07 Å². The quantitative estimate of drug-likeness (QED) is 0.399. The summed E-state index contributed by atoms with van der Waals surface area (Å²) in [4.78, 5) is 15.6. The lowest BCUT2D eigenvalue weighted by molar-refractivity contribution is -0.143. The highest BCUT2D eigenvalue weighted by atomic mass is 28.3. The van der Waals surface area contributed by atoms with Crippen LogP contribution in [-0.2, 0) is 27.4 Å². The van der Waals surface area contributed by atoms with Crippen LogP contribution in [0.25, 0.3) is 0 Å². The lowest BCUT2D eigenvalue weighted by Crippen LogP contribution is -2.22. The van der Waals surface area contributed by atoms with Crippen molar-refractivity contribution in [2.24, 2.45) is 0 Å². The highest BCUT2D eigenvalue weighted by Crippen LogP contribution is 2.08. The third-order valence-corrected chi connectivity index (χ3v) is 4.59.